The third kappa shape index (κ3) is 5.68. The Balaban J connectivity index is 1.76. The van der Waals surface area contributed by atoms with Gasteiger partial charge in [0.05, 0.1) is 12.2 Å². The number of para-hydroxylation sites is 1. The zero-order valence-corrected chi connectivity index (χ0v) is 17.2. The van der Waals surface area contributed by atoms with E-state index in [4.69, 9.17) is 9.47 Å². The lowest BCUT2D eigenvalue weighted by molar-refractivity contribution is -0.122. The number of hydrogen-bond donors (Lipinski definition) is 1. The summed E-state index contributed by atoms with van der Waals surface area (Å²) < 4.78 is 10.8. The van der Waals surface area contributed by atoms with E-state index in [1.54, 1.807) is 32.0 Å². The first kappa shape index (κ1) is 20.6. The van der Waals surface area contributed by atoms with Gasteiger partial charge in [-0.25, -0.2) is 4.79 Å². The van der Waals surface area contributed by atoms with Crippen LogP contribution in [0.25, 0.3) is 0 Å². The van der Waals surface area contributed by atoms with Gasteiger partial charge in [-0.3, -0.25) is 4.79 Å². The van der Waals surface area contributed by atoms with Crippen LogP contribution in [0.2, 0.25) is 0 Å². The van der Waals surface area contributed by atoms with Gasteiger partial charge in [-0.1, -0.05) is 48.5 Å². The van der Waals surface area contributed by atoms with Crippen molar-refractivity contribution in [3.05, 3.63) is 82.7 Å². The average Bonchev–Trinajstić information content (AvgIpc) is 3.12. The Morgan fingerprint density at radius 3 is 2.34 bits per heavy atom. The lowest BCUT2D eigenvalue weighted by Crippen LogP contribution is -2.30. The molecule has 3 aromatic rings. The van der Waals surface area contributed by atoms with Crippen LogP contribution in [-0.4, -0.2) is 24.6 Å². The smallest absolute Gasteiger partial charge is 0.341 e. The molecule has 0 saturated carbocycles. The maximum absolute atomic E-state index is 12.6. The first-order valence-electron chi connectivity index (χ1n) is 9.43. The van der Waals surface area contributed by atoms with Crippen molar-refractivity contribution in [2.75, 3.05) is 11.9 Å². The van der Waals surface area contributed by atoms with Crippen molar-refractivity contribution < 1.29 is 19.1 Å². The number of anilines is 1. The topological polar surface area (TPSA) is 64.6 Å². The van der Waals surface area contributed by atoms with Crippen LogP contribution in [0, 0.1) is 0 Å². The number of nitrogens with one attached hydrogen (secondary N) is 1. The largest absolute Gasteiger partial charge is 0.481 e. The Bertz CT molecular complexity index is 954. The molecule has 3 rings (SSSR count). The lowest BCUT2D eigenvalue weighted by Gasteiger charge is -2.14. The summed E-state index contributed by atoms with van der Waals surface area (Å²) in [6.07, 6.45) is -0.0451. The van der Waals surface area contributed by atoms with Crippen LogP contribution in [0.1, 0.15) is 34.6 Å². The molecule has 2 aromatic carbocycles. The second kappa shape index (κ2) is 9.89. The molecule has 1 heterocycles. The molecule has 0 saturated heterocycles. The van der Waals surface area contributed by atoms with Crippen molar-refractivity contribution in [2.45, 2.75) is 26.4 Å². The molecule has 0 aliphatic carbocycles. The van der Waals surface area contributed by atoms with Crippen LogP contribution in [-0.2, 0) is 16.0 Å². The average molecular weight is 410 g/mol. The van der Waals surface area contributed by atoms with Crippen molar-refractivity contribution in [1.82, 2.24) is 0 Å². The van der Waals surface area contributed by atoms with E-state index in [2.05, 4.69) is 5.32 Å². The predicted octanol–water partition coefficient (Wildman–Crippen LogP) is 4.92. The standard InChI is InChI=1S/C23H23NO4S/c1-3-27-23(26)20-15-19(14-17-10-6-4-7-11-17)29-22(20)24-21(25)16(2)28-18-12-8-5-9-13-18/h4-13,15-16H,3,14H2,1-2H3,(H,24,25). The molecule has 0 fully saturated rings. The van der Waals surface area contributed by atoms with E-state index in [0.717, 1.165) is 10.4 Å². The number of benzene rings is 2. The molecule has 0 radical (unpaired) electrons. The Morgan fingerprint density at radius 2 is 1.69 bits per heavy atom. The summed E-state index contributed by atoms with van der Waals surface area (Å²) in [5.74, 6) is -0.167. The van der Waals surface area contributed by atoms with Crippen molar-refractivity contribution in [3.8, 4) is 5.75 Å². The van der Waals surface area contributed by atoms with E-state index in [1.807, 2.05) is 48.5 Å². The summed E-state index contributed by atoms with van der Waals surface area (Å²) >= 11 is 1.37. The zero-order valence-electron chi connectivity index (χ0n) is 16.4. The SMILES string of the molecule is CCOC(=O)c1cc(Cc2ccccc2)sc1NC(=O)C(C)Oc1ccccc1. The highest BCUT2D eigenvalue weighted by Crippen LogP contribution is 2.31. The fourth-order valence-electron chi connectivity index (χ4n) is 2.75. The van der Waals surface area contributed by atoms with Crippen molar-refractivity contribution in [2.24, 2.45) is 0 Å². The van der Waals surface area contributed by atoms with Crippen molar-refractivity contribution in [3.63, 3.8) is 0 Å². The molecule has 150 valence electrons. The Labute approximate surface area is 174 Å². The second-order valence-electron chi connectivity index (χ2n) is 6.40. The third-order valence-corrected chi connectivity index (χ3v) is 5.21. The molecular weight excluding hydrogens is 386 g/mol. The molecule has 0 aliphatic heterocycles. The fourth-order valence-corrected chi connectivity index (χ4v) is 3.83. The molecule has 1 atom stereocenters. The van der Waals surface area contributed by atoms with Gasteiger partial charge in [0.2, 0.25) is 0 Å². The van der Waals surface area contributed by atoms with E-state index < -0.39 is 12.1 Å². The lowest BCUT2D eigenvalue weighted by atomic mass is 10.1. The normalized spacial score (nSPS) is 11.5. The van der Waals surface area contributed by atoms with Crippen molar-refractivity contribution >= 4 is 28.2 Å². The van der Waals surface area contributed by atoms with Crippen LogP contribution >= 0.6 is 11.3 Å². The summed E-state index contributed by atoms with van der Waals surface area (Å²) in [5.41, 5.74) is 1.49. The van der Waals surface area contributed by atoms with E-state index in [1.165, 1.54) is 11.3 Å². The quantitative estimate of drug-likeness (QED) is 0.536. The molecule has 6 heteroatoms. The van der Waals surface area contributed by atoms with Crippen LogP contribution in [0.15, 0.2) is 66.7 Å². The molecule has 1 N–H and O–H groups in total. The maximum atomic E-state index is 12.6. The third-order valence-electron chi connectivity index (χ3n) is 4.16. The molecular formula is C23H23NO4S. The van der Waals surface area contributed by atoms with Crippen LogP contribution < -0.4 is 10.1 Å². The van der Waals surface area contributed by atoms with Gasteiger partial charge in [0.15, 0.2) is 6.10 Å². The molecule has 1 aromatic heterocycles. The van der Waals surface area contributed by atoms with E-state index in [0.29, 0.717) is 22.7 Å². The summed E-state index contributed by atoms with van der Waals surface area (Å²) in [6.45, 7) is 3.69. The summed E-state index contributed by atoms with van der Waals surface area (Å²) in [7, 11) is 0. The highest BCUT2D eigenvalue weighted by molar-refractivity contribution is 7.16. The van der Waals surface area contributed by atoms with Crippen molar-refractivity contribution in [1.29, 1.82) is 0 Å². The minimum absolute atomic E-state index is 0.267. The molecule has 0 aliphatic rings. The van der Waals surface area contributed by atoms with Crippen LogP contribution in [0.3, 0.4) is 0 Å². The van der Waals surface area contributed by atoms with Gasteiger partial charge in [0.25, 0.3) is 5.91 Å². The number of thiophene rings is 1. The van der Waals surface area contributed by atoms with E-state index in [9.17, 15) is 9.59 Å². The van der Waals surface area contributed by atoms with Gasteiger partial charge in [-0.2, -0.15) is 0 Å². The first-order valence-corrected chi connectivity index (χ1v) is 10.2. The van der Waals surface area contributed by atoms with Gasteiger partial charge in [0, 0.05) is 11.3 Å². The number of hydrogen-bond acceptors (Lipinski definition) is 5. The minimum atomic E-state index is -0.716. The van der Waals surface area contributed by atoms with Gasteiger partial charge in [-0.15, -0.1) is 11.3 Å². The highest BCUT2D eigenvalue weighted by atomic mass is 32.1. The maximum Gasteiger partial charge on any atom is 0.341 e. The minimum Gasteiger partial charge on any atom is -0.481 e. The van der Waals surface area contributed by atoms with E-state index in [-0.39, 0.29) is 12.5 Å². The van der Waals surface area contributed by atoms with Gasteiger partial charge >= 0.3 is 5.97 Å². The number of esters is 1. The summed E-state index contributed by atoms with van der Waals surface area (Å²) in [6, 6.07) is 20.9. The number of amides is 1. The molecule has 0 bridgehead atoms. The Hall–Kier alpha value is -3.12. The molecule has 1 unspecified atom stereocenters. The fraction of sp³-hybridized carbons (Fsp3) is 0.217. The highest BCUT2D eigenvalue weighted by Gasteiger charge is 2.22. The summed E-state index contributed by atoms with van der Waals surface area (Å²) in [4.78, 5) is 26.0. The summed E-state index contributed by atoms with van der Waals surface area (Å²) in [5, 5.41) is 3.30. The molecule has 29 heavy (non-hydrogen) atoms. The molecule has 1 amide bonds. The van der Waals surface area contributed by atoms with Gasteiger partial charge < -0.3 is 14.8 Å². The monoisotopic (exact) mass is 409 g/mol. The number of carbonyl (C=O) groups excluding carboxylic acids is 2. The zero-order chi connectivity index (χ0) is 20.6. The Kier molecular flexibility index (Phi) is 7.03. The number of rotatable bonds is 8. The molecule has 0 spiro atoms. The van der Waals surface area contributed by atoms with Crippen LogP contribution in [0.5, 0.6) is 5.75 Å². The van der Waals surface area contributed by atoms with Gasteiger partial charge in [0.1, 0.15) is 10.8 Å². The molecule has 5 nitrogen and oxygen atoms in total. The van der Waals surface area contributed by atoms with Crippen LogP contribution in [0.4, 0.5) is 5.00 Å². The first-order chi connectivity index (χ1) is 14.1. The Morgan fingerprint density at radius 1 is 1.03 bits per heavy atom. The number of ether oxygens (including phenoxy) is 2. The van der Waals surface area contributed by atoms with E-state index >= 15 is 0 Å². The second-order valence-corrected chi connectivity index (χ2v) is 7.54. The number of carbonyl (C=O) groups is 2. The van der Waals surface area contributed by atoms with Gasteiger partial charge in [-0.05, 0) is 37.6 Å². The predicted molar refractivity (Wildman–Crippen MR) is 115 cm³/mol.